The molecule has 41 heavy (non-hydrogen) atoms. The summed E-state index contributed by atoms with van der Waals surface area (Å²) in [6.45, 7) is 5.99. The van der Waals surface area contributed by atoms with Crippen LogP contribution in [0.5, 0.6) is 17.2 Å². The average Bonchev–Trinajstić information content (AvgIpc) is 2.98. The van der Waals surface area contributed by atoms with E-state index in [1.54, 1.807) is 56.6 Å². The molecule has 0 fully saturated rings. The average molecular weight is 560 g/mol. The second-order valence-electron chi connectivity index (χ2n) is 9.02. The number of benzene rings is 2. The maximum absolute atomic E-state index is 13.8. The van der Waals surface area contributed by atoms with Crippen LogP contribution < -0.4 is 25.1 Å². The zero-order valence-corrected chi connectivity index (χ0v) is 23.8. The molecule has 0 aliphatic carbocycles. The lowest BCUT2D eigenvalue weighted by Gasteiger charge is -2.13. The molecular formula is C31H33N3O7. The Bertz CT molecular complexity index is 1630. The summed E-state index contributed by atoms with van der Waals surface area (Å²) in [5.74, 6) is 0.727. The highest BCUT2D eigenvalue weighted by Gasteiger charge is 2.19. The van der Waals surface area contributed by atoms with Gasteiger partial charge in [0, 0.05) is 29.6 Å². The lowest BCUT2D eigenvalue weighted by Crippen LogP contribution is -2.22. The molecule has 0 saturated carbocycles. The van der Waals surface area contributed by atoms with Crippen LogP contribution in [0.25, 0.3) is 11.0 Å². The van der Waals surface area contributed by atoms with Crippen molar-refractivity contribution in [1.82, 2.24) is 4.98 Å². The summed E-state index contributed by atoms with van der Waals surface area (Å²) >= 11 is 0. The van der Waals surface area contributed by atoms with E-state index in [0.717, 1.165) is 0 Å². The second kappa shape index (κ2) is 13.5. The minimum absolute atomic E-state index is 0.0187. The SMILES string of the molecule is CCCC(=O)OCc1cnc(C)c2oc(=Nc3ccccc3OCC)c(C(=O)Nc3ccc(OC)cc3OC)cc12. The number of carbonyl (C=O) groups is 2. The third-order valence-corrected chi connectivity index (χ3v) is 6.18. The van der Waals surface area contributed by atoms with Crippen LogP contribution in [0.15, 0.2) is 64.1 Å². The number of nitrogens with zero attached hydrogens (tertiary/aromatic N) is 2. The van der Waals surface area contributed by atoms with Gasteiger partial charge in [-0.2, -0.15) is 0 Å². The van der Waals surface area contributed by atoms with E-state index >= 15 is 0 Å². The number of para-hydroxylation sites is 2. The summed E-state index contributed by atoms with van der Waals surface area (Å²) in [5, 5.41) is 3.46. The lowest BCUT2D eigenvalue weighted by molar-refractivity contribution is -0.144. The molecule has 0 bridgehead atoms. The summed E-state index contributed by atoms with van der Waals surface area (Å²) < 4.78 is 28.2. The van der Waals surface area contributed by atoms with Gasteiger partial charge in [0.25, 0.3) is 5.91 Å². The molecule has 4 aromatic rings. The van der Waals surface area contributed by atoms with Crippen LogP contribution >= 0.6 is 0 Å². The normalized spacial score (nSPS) is 11.3. The Morgan fingerprint density at radius 2 is 1.83 bits per heavy atom. The van der Waals surface area contributed by atoms with E-state index in [9.17, 15) is 9.59 Å². The Labute approximate surface area is 237 Å². The summed E-state index contributed by atoms with van der Waals surface area (Å²) in [5.41, 5.74) is 2.72. The van der Waals surface area contributed by atoms with Gasteiger partial charge < -0.3 is 28.7 Å². The number of hydrogen-bond acceptors (Lipinski definition) is 9. The summed E-state index contributed by atoms with van der Waals surface area (Å²) in [6.07, 6.45) is 2.59. The van der Waals surface area contributed by atoms with Crippen molar-refractivity contribution in [2.24, 2.45) is 4.99 Å². The van der Waals surface area contributed by atoms with Gasteiger partial charge in [-0.25, -0.2) is 4.99 Å². The highest BCUT2D eigenvalue weighted by atomic mass is 16.5. The Balaban J connectivity index is 1.89. The predicted molar refractivity (Wildman–Crippen MR) is 154 cm³/mol. The fraction of sp³-hybridized carbons (Fsp3) is 0.290. The van der Waals surface area contributed by atoms with Gasteiger partial charge in [-0.3, -0.25) is 14.6 Å². The van der Waals surface area contributed by atoms with Crippen LogP contribution in [0.1, 0.15) is 48.3 Å². The van der Waals surface area contributed by atoms with E-state index in [1.165, 1.54) is 7.11 Å². The van der Waals surface area contributed by atoms with E-state index in [-0.39, 0.29) is 23.7 Å². The Morgan fingerprint density at radius 1 is 1.02 bits per heavy atom. The Morgan fingerprint density at radius 3 is 2.56 bits per heavy atom. The largest absolute Gasteiger partial charge is 0.497 e. The third kappa shape index (κ3) is 6.84. The summed E-state index contributed by atoms with van der Waals surface area (Å²) in [6, 6.07) is 14.0. The zero-order valence-electron chi connectivity index (χ0n) is 23.8. The molecule has 0 radical (unpaired) electrons. The van der Waals surface area contributed by atoms with Gasteiger partial charge in [-0.1, -0.05) is 19.1 Å². The number of carbonyl (C=O) groups excluding carboxylic acids is 2. The summed E-state index contributed by atoms with van der Waals surface area (Å²) in [4.78, 5) is 35.0. The van der Waals surface area contributed by atoms with E-state index in [2.05, 4.69) is 10.3 Å². The first kappa shape index (κ1) is 29.1. The van der Waals surface area contributed by atoms with Gasteiger partial charge in [0.05, 0.1) is 32.2 Å². The number of pyridine rings is 1. The van der Waals surface area contributed by atoms with Crippen LogP contribution in [0, 0.1) is 6.92 Å². The fourth-order valence-electron chi connectivity index (χ4n) is 4.11. The van der Waals surface area contributed by atoms with Gasteiger partial charge in [0.15, 0.2) is 5.58 Å². The van der Waals surface area contributed by atoms with Crippen molar-refractivity contribution in [2.45, 2.75) is 40.2 Å². The lowest BCUT2D eigenvalue weighted by atomic mass is 10.1. The molecule has 0 aliphatic heterocycles. The monoisotopic (exact) mass is 559 g/mol. The topological polar surface area (TPSA) is 121 Å². The third-order valence-electron chi connectivity index (χ3n) is 6.18. The first-order chi connectivity index (χ1) is 19.9. The molecule has 2 aromatic carbocycles. The predicted octanol–water partition coefficient (Wildman–Crippen LogP) is 5.88. The molecule has 1 amide bonds. The highest BCUT2D eigenvalue weighted by Crippen LogP contribution is 2.30. The highest BCUT2D eigenvalue weighted by molar-refractivity contribution is 6.06. The van der Waals surface area contributed by atoms with Crippen molar-refractivity contribution in [3.63, 3.8) is 0 Å². The van der Waals surface area contributed by atoms with E-state index in [1.807, 2.05) is 26.0 Å². The molecule has 10 heteroatoms. The van der Waals surface area contributed by atoms with E-state index < -0.39 is 5.91 Å². The van der Waals surface area contributed by atoms with Crippen LogP contribution in [0.3, 0.4) is 0 Å². The van der Waals surface area contributed by atoms with Crippen molar-refractivity contribution in [2.75, 3.05) is 26.1 Å². The van der Waals surface area contributed by atoms with Crippen LogP contribution in [0.2, 0.25) is 0 Å². The Hall–Kier alpha value is -4.86. The molecule has 0 atom stereocenters. The van der Waals surface area contributed by atoms with Gasteiger partial charge in [-0.15, -0.1) is 0 Å². The number of fused-ring (bicyclic) bond motifs is 1. The number of anilines is 1. The minimum Gasteiger partial charge on any atom is -0.497 e. The van der Waals surface area contributed by atoms with Gasteiger partial charge in [0.1, 0.15) is 35.1 Å². The number of amides is 1. The fourth-order valence-corrected chi connectivity index (χ4v) is 4.11. The number of aromatic nitrogens is 1. The van der Waals surface area contributed by atoms with Crippen molar-refractivity contribution in [1.29, 1.82) is 0 Å². The van der Waals surface area contributed by atoms with Gasteiger partial charge >= 0.3 is 5.97 Å². The number of ether oxygens (including phenoxy) is 4. The van der Waals surface area contributed by atoms with E-state index in [4.69, 9.17) is 28.4 Å². The van der Waals surface area contributed by atoms with Crippen molar-refractivity contribution in [3.8, 4) is 17.2 Å². The maximum atomic E-state index is 13.8. The molecule has 0 spiro atoms. The minimum atomic E-state index is -0.491. The smallest absolute Gasteiger partial charge is 0.306 e. The molecule has 1 N–H and O–H groups in total. The molecule has 2 aromatic heterocycles. The van der Waals surface area contributed by atoms with Crippen molar-refractivity contribution < 1.29 is 33.0 Å². The number of aryl methyl sites for hydroxylation is 1. The van der Waals surface area contributed by atoms with Crippen LogP contribution in [-0.2, 0) is 16.1 Å². The number of hydrogen-bond donors (Lipinski definition) is 1. The summed E-state index contributed by atoms with van der Waals surface area (Å²) in [7, 11) is 3.05. The number of nitrogens with one attached hydrogen (secondary N) is 1. The van der Waals surface area contributed by atoms with Crippen LogP contribution in [-0.4, -0.2) is 37.7 Å². The van der Waals surface area contributed by atoms with E-state index in [0.29, 0.717) is 70.3 Å². The number of rotatable bonds is 11. The quantitative estimate of drug-likeness (QED) is 0.226. The number of esters is 1. The molecule has 214 valence electrons. The molecule has 0 aliphatic rings. The molecule has 4 rings (SSSR count). The first-order valence-electron chi connectivity index (χ1n) is 13.3. The molecule has 2 heterocycles. The van der Waals surface area contributed by atoms with Crippen molar-refractivity contribution in [3.05, 3.63) is 77.1 Å². The second-order valence-corrected chi connectivity index (χ2v) is 9.02. The van der Waals surface area contributed by atoms with Gasteiger partial charge in [-0.05, 0) is 50.6 Å². The molecule has 10 nitrogen and oxygen atoms in total. The van der Waals surface area contributed by atoms with Crippen LogP contribution in [0.4, 0.5) is 11.4 Å². The van der Waals surface area contributed by atoms with Gasteiger partial charge in [0.2, 0.25) is 5.55 Å². The Kier molecular flexibility index (Phi) is 9.57. The number of methoxy groups -OCH3 is 2. The first-order valence-corrected chi connectivity index (χ1v) is 13.3. The molecule has 0 saturated heterocycles. The van der Waals surface area contributed by atoms with Crippen molar-refractivity contribution >= 4 is 34.2 Å². The molecule has 0 unspecified atom stereocenters. The molecular weight excluding hydrogens is 526 g/mol. The standard InChI is InChI=1S/C31H33N3O7/c1-6-10-28(35)40-18-20-17-32-19(3)29-22(20)16-23(30(36)33-25-14-13-21(37-4)15-27(25)38-5)31(41-29)34-24-11-8-9-12-26(24)39-7-2/h8-9,11-17H,6-7,10,18H2,1-5H3,(H,33,36). The maximum Gasteiger partial charge on any atom is 0.306 e. The zero-order chi connectivity index (χ0) is 29.4.